The third-order valence-corrected chi connectivity index (χ3v) is 6.30. The SMILES string of the molecule is C=C(/N=C(\N=C(\c1ccc(-c2ccccc2)cc1)C(C)CC)c1ccc(Cl)cc1)c1ccccc1. The van der Waals surface area contributed by atoms with Gasteiger partial charge in [0.15, 0.2) is 5.84 Å². The molecule has 0 saturated heterocycles. The molecule has 0 saturated carbocycles. The van der Waals surface area contributed by atoms with Gasteiger partial charge in [-0.1, -0.05) is 117 Å². The van der Waals surface area contributed by atoms with E-state index in [-0.39, 0.29) is 5.92 Å². The number of amidine groups is 1. The molecule has 0 N–H and O–H groups in total. The third kappa shape index (κ3) is 6.23. The van der Waals surface area contributed by atoms with Gasteiger partial charge in [-0.05, 0) is 58.9 Å². The van der Waals surface area contributed by atoms with Gasteiger partial charge < -0.3 is 0 Å². The fourth-order valence-electron chi connectivity index (χ4n) is 3.81. The van der Waals surface area contributed by atoms with Crippen molar-refractivity contribution in [3.63, 3.8) is 0 Å². The minimum absolute atomic E-state index is 0.250. The normalized spacial score (nSPS) is 12.9. The Kier molecular flexibility index (Phi) is 8.07. The van der Waals surface area contributed by atoms with Gasteiger partial charge in [-0.15, -0.1) is 0 Å². The molecule has 4 aromatic carbocycles. The van der Waals surface area contributed by atoms with Crippen LogP contribution in [0.15, 0.2) is 126 Å². The van der Waals surface area contributed by atoms with E-state index in [9.17, 15) is 0 Å². The van der Waals surface area contributed by atoms with Crippen LogP contribution >= 0.6 is 11.6 Å². The number of aliphatic imine (C=N–C) groups is 2. The van der Waals surface area contributed by atoms with E-state index in [2.05, 4.69) is 69.0 Å². The highest BCUT2D eigenvalue weighted by atomic mass is 35.5. The summed E-state index contributed by atoms with van der Waals surface area (Å²) in [4.78, 5) is 10.0. The van der Waals surface area contributed by atoms with Gasteiger partial charge in [-0.3, -0.25) is 0 Å². The lowest BCUT2D eigenvalue weighted by molar-refractivity contribution is 0.741. The van der Waals surface area contributed by atoms with E-state index in [0.29, 0.717) is 16.6 Å². The molecule has 0 spiro atoms. The Hall–Kier alpha value is -3.75. The molecule has 0 aliphatic heterocycles. The van der Waals surface area contributed by atoms with Gasteiger partial charge in [-0.2, -0.15) is 0 Å². The topological polar surface area (TPSA) is 24.7 Å². The van der Waals surface area contributed by atoms with Crippen molar-refractivity contribution in [1.29, 1.82) is 0 Å². The first-order chi connectivity index (χ1) is 17.0. The quantitative estimate of drug-likeness (QED) is 0.188. The van der Waals surface area contributed by atoms with Gasteiger partial charge in [0.25, 0.3) is 0 Å². The fraction of sp³-hybridized carbons (Fsp3) is 0.125. The average molecular weight is 477 g/mol. The maximum atomic E-state index is 6.16. The molecule has 174 valence electrons. The van der Waals surface area contributed by atoms with Gasteiger partial charge in [-0.25, -0.2) is 9.98 Å². The Labute approximate surface area is 213 Å². The first kappa shape index (κ1) is 24.4. The summed E-state index contributed by atoms with van der Waals surface area (Å²) in [5.41, 5.74) is 7.00. The van der Waals surface area contributed by atoms with Gasteiger partial charge in [0.1, 0.15) is 0 Å². The fourth-order valence-corrected chi connectivity index (χ4v) is 3.93. The maximum absolute atomic E-state index is 6.16. The van der Waals surface area contributed by atoms with Gasteiger partial charge in [0.05, 0.1) is 11.4 Å². The van der Waals surface area contributed by atoms with Crippen LogP contribution in [0, 0.1) is 5.92 Å². The highest BCUT2D eigenvalue weighted by molar-refractivity contribution is 6.30. The lowest BCUT2D eigenvalue weighted by atomic mass is 9.94. The molecule has 0 aliphatic rings. The molecule has 0 aliphatic carbocycles. The first-order valence-electron chi connectivity index (χ1n) is 11.9. The summed E-state index contributed by atoms with van der Waals surface area (Å²) in [5, 5.41) is 0.678. The van der Waals surface area contributed by atoms with Crippen molar-refractivity contribution < 1.29 is 0 Å². The first-order valence-corrected chi connectivity index (χ1v) is 12.3. The molecule has 1 atom stereocenters. The summed E-state index contributed by atoms with van der Waals surface area (Å²) < 4.78 is 0. The highest BCUT2D eigenvalue weighted by Crippen LogP contribution is 2.23. The van der Waals surface area contributed by atoms with Crippen LogP contribution in [0.25, 0.3) is 16.8 Å². The molecule has 35 heavy (non-hydrogen) atoms. The summed E-state index contributed by atoms with van der Waals surface area (Å²) in [7, 11) is 0. The molecule has 0 radical (unpaired) electrons. The smallest absolute Gasteiger partial charge is 0.160 e. The number of halogens is 1. The summed E-state index contributed by atoms with van der Waals surface area (Å²) in [6.07, 6.45) is 0.965. The lowest BCUT2D eigenvalue weighted by Crippen LogP contribution is -2.15. The summed E-state index contributed by atoms with van der Waals surface area (Å²) in [6, 6.07) is 36.6. The lowest BCUT2D eigenvalue weighted by Gasteiger charge is -2.15. The molecule has 3 heteroatoms. The van der Waals surface area contributed by atoms with Crippen LogP contribution in [0.4, 0.5) is 0 Å². The van der Waals surface area contributed by atoms with Crippen molar-refractivity contribution in [2.75, 3.05) is 0 Å². The zero-order chi connectivity index (χ0) is 24.6. The van der Waals surface area contributed by atoms with E-state index >= 15 is 0 Å². The molecule has 2 nitrogen and oxygen atoms in total. The molecule has 1 unspecified atom stereocenters. The third-order valence-electron chi connectivity index (χ3n) is 6.04. The van der Waals surface area contributed by atoms with E-state index in [1.54, 1.807) is 0 Å². The zero-order valence-corrected chi connectivity index (χ0v) is 20.9. The zero-order valence-electron chi connectivity index (χ0n) is 20.2. The number of nitrogens with zero attached hydrogens (tertiary/aromatic N) is 2. The largest absolute Gasteiger partial charge is 0.232 e. The number of rotatable bonds is 7. The molecule has 4 rings (SSSR count). The molecule has 0 fully saturated rings. The molecular formula is C32H29ClN2. The summed E-state index contributed by atoms with van der Waals surface area (Å²) in [5.74, 6) is 0.873. The van der Waals surface area contributed by atoms with Crippen LogP contribution < -0.4 is 0 Å². The standard InChI is InChI=1S/C32H29ClN2/c1-4-23(2)31(28-17-15-27(16-18-28)26-13-9-6-10-14-26)35-32(29-19-21-30(33)22-20-29)34-24(3)25-11-7-5-8-12-25/h5-23H,3-4H2,1-2H3/b34-32-,35-31+. The van der Waals surface area contributed by atoms with Crippen LogP contribution in [-0.4, -0.2) is 11.5 Å². The highest BCUT2D eigenvalue weighted by Gasteiger charge is 2.15. The van der Waals surface area contributed by atoms with Gasteiger partial charge in [0.2, 0.25) is 0 Å². The van der Waals surface area contributed by atoms with Crippen molar-refractivity contribution in [3.05, 3.63) is 137 Å². The Morgan fingerprint density at radius 3 is 1.83 bits per heavy atom. The number of hydrogen-bond donors (Lipinski definition) is 0. The Morgan fingerprint density at radius 2 is 1.23 bits per heavy atom. The van der Waals surface area contributed by atoms with Gasteiger partial charge in [0, 0.05) is 10.6 Å². The van der Waals surface area contributed by atoms with Crippen molar-refractivity contribution in [3.8, 4) is 11.1 Å². The number of hydrogen-bond acceptors (Lipinski definition) is 1. The van der Waals surface area contributed by atoms with Crippen molar-refractivity contribution in [2.24, 2.45) is 15.9 Å². The predicted octanol–water partition coefficient (Wildman–Crippen LogP) is 8.96. The Bertz CT molecular complexity index is 1320. The average Bonchev–Trinajstić information content (AvgIpc) is 2.92. The summed E-state index contributed by atoms with van der Waals surface area (Å²) >= 11 is 6.16. The second-order valence-electron chi connectivity index (χ2n) is 8.50. The van der Waals surface area contributed by atoms with Crippen LogP contribution in [0.2, 0.25) is 5.02 Å². The van der Waals surface area contributed by atoms with Crippen LogP contribution in [0.5, 0.6) is 0 Å². The molecule has 4 aromatic rings. The van der Waals surface area contributed by atoms with Crippen LogP contribution in [0.3, 0.4) is 0 Å². The van der Waals surface area contributed by atoms with Crippen LogP contribution in [0.1, 0.15) is 37.0 Å². The van der Waals surface area contributed by atoms with Crippen molar-refractivity contribution in [1.82, 2.24) is 0 Å². The molecule has 0 heterocycles. The predicted molar refractivity (Wildman–Crippen MR) is 151 cm³/mol. The molecular weight excluding hydrogens is 448 g/mol. The van der Waals surface area contributed by atoms with Crippen LogP contribution in [-0.2, 0) is 0 Å². The van der Waals surface area contributed by atoms with E-state index < -0.39 is 0 Å². The van der Waals surface area contributed by atoms with E-state index in [1.807, 2.05) is 60.7 Å². The number of benzene rings is 4. The summed E-state index contributed by atoms with van der Waals surface area (Å²) in [6.45, 7) is 8.60. The molecule has 0 amide bonds. The molecule has 0 aromatic heterocycles. The van der Waals surface area contributed by atoms with E-state index in [4.69, 9.17) is 21.6 Å². The Balaban J connectivity index is 1.78. The Morgan fingerprint density at radius 1 is 0.686 bits per heavy atom. The minimum atomic E-state index is 0.250. The van der Waals surface area contributed by atoms with Crippen molar-refractivity contribution in [2.45, 2.75) is 20.3 Å². The molecule has 0 bridgehead atoms. The monoisotopic (exact) mass is 476 g/mol. The van der Waals surface area contributed by atoms with Gasteiger partial charge >= 0.3 is 0 Å². The maximum Gasteiger partial charge on any atom is 0.160 e. The van der Waals surface area contributed by atoms with E-state index in [0.717, 1.165) is 28.8 Å². The minimum Gasteiger partial charge on any atom is -0.232 e. The van der Waals surface area contributed by atoms with E-state index in [1.165, 1.54) is 11.1 Å². The second kappa shape index (κ2) is 11.6. The second-order valence-corrected chi connectivity index (χ2v) is 8.94. The van der Waals surface area contributed by atoms with Crippen molar-refractivity contribution >= 4 is 28.8 Å².